The Morgan fingerprint density at radius 2 is 2.08 bits per heavy atom. The van der Waals surface area contributed by atoms with Gasteiger partial charge in [-0.05, 0) is 26.4 Å². The molecule has 0 aromatic carbocycles. The van der Waals surface area contributed by atoms with Gasteiger partial charge in [-0.3, -0.25) is 4.90 Å². The van der Waals surface area contributed by atoms with Gasteiger partial charge in [-0.1, -0.05) is 6.92 Å². The van der Waals surface area contributed by atoms with Crippen molar-refractivity contribution in [3.05, 3.63) is 0 Å². The predicted octanol–water partition coefficient (Wildman–Crippen LogP) is 1.33. The van der Waals surface area contributed by atoms with Gasteiger partial charge in [0.05, 0.1) is 13.1 Å². The van der Waals surface area contributed by atoms with E-state index in [2.05, 4.69) is 5.32 Å². The van der Waals surface area contributed by atoms with E-state index in [1.807, 2.05) is 6.92 Å². The first kappa shape index (κ1) is 10.9. The third-order valence-corrected chi connectivity index (χ3v) is 2.28. The van der Waals surface area contributed by atoms with Crippen LogP contribution in [-0.4, -0.2) is 43.5 Å². The SMILES string of the molecule is CCNCC(F)(F)CN(C)C1CC1. The van der Waals surface area contributed by atoms with Crippen LogP contribution in [0.1, 0.15) is 19.8 Å². The molecule has 13 heavy (non-hydrogen) atoms. The zero-order valence-corrected chi connectivity index (χ0v) is 8.32. The lowest BCUT2D eigenvalue weighted by Crippen LogP contribution is -2.42. The smallest absolute Gasteiger partial charge is 0.272 e. The number of alkyl halides is 2. The van der Waals surface area contributed by atoms with Crippen molar-refractivity contribution >= 4 is 0 Å². The van der Waals surface area contributed by atoms with Crippen molar-refractivity contribution in [1.82, 2.24) is 10.2 Å². The van der Waals surface area contributed by atoms with Gasteiger partial charge < -0.3 is 5.32 Å². The Balaban J connectivity index is 2.22. The molecule has 0 aromatic rings. The molecule has 0 radical (unpaired) electrons. The molecule has 78 valence electrons. The Morgan fingerprint density at radius 3 is 2.54 bits per heavy atom. The van der Waals surface area contributed by atoms with Crippen molar-refractivity contribution in [3.8, 4) is 0 Å². The molecule has 0 aliphatic heterocycles. The van der Waals surface area contributed by atoms with Gasteiger partial charge in [0.1, 0.15) is 0 Å². The molecule has 1 N–H and O–H groups in total. The average Bonchev–Trinajstić information content (AvgIpc) is 2.82. The van der Waals surface area contributed by atoms with Gasteiger partial charge in [-0.15, -0.1) is 0 Å². The first-order valence-corrected chi connectivity index (χ1v) is 4.84. The fraction of sp³-hybridized carbons (Fsp3) is 1.00. The molecule has 4 heteroatoms. The second kappa shape index (κ2) is 4.33. The normalized spacial score (nSPS) is 18.2. The van der Waals surface area contributed by atoms with E-state index in [9.17, 15) is 8.78 Å². The van der Waals surface area contributed by atoms with Gasteiger partial charge >= 0.3 is 0 Å². The van der Waals surface area contributed by atoms with E-state index in [1.54, 1.807) is 11.9 Å². The van der Waals surface area contributed by atoms with Gasteiger partial charge in [0.2, 0.25) is 0 Å². The second-order valence-corrected chi connectivity index (χ2v) is 3.78. The van der Waals surface area contributed by atoms with Crippen molar-refractivity contribution in [1.29, 1.82) is 0 Å². The highest BCUT2D eigenvalue weighted by atomic mass is 19.3. The summed E-state index contributed by atoms with van der Waals surface area (Å²) in [6, 6.07) is 0.410. The van der Waals surface area contributed by atoms with Gasteiger partial charge in [-0.2, -0.15) is 0 Å². The van der Waals surface area contributed by atoms with E-state index in [4.69, 9.17) is 0 Å². The van der Waals surface area contributed by atoms with E-state index in [-0.39, 0.29) is 13.1 Å². The Labute approximate surface area is 78.3 Å². The van der Waals surface area contributed by atoms with E-state index < -0.39 is 5.92 Å². The van der Waals surface area contributed by atoms with Crippen molar-refractivity contribution < 1.29 is 8.78 Å². The lowest BCUT2D eigenvalue weighted by atomic mass is 10.3. The zero-order chi connectivity index (χ0) is 9.90. The minimum Gasteiger partial charge on any atom is -0.311 e. The topological polar surface area (TPSA) is 15.3 Å². The molecular formula is C9H18F2N2. The molecule has 1 fully saturated rings. The molecule has 0 unspecified atom stereocenters. The monoisotopic (exact) mass is 192 g/mol. The Hall–Kier alpha value is -0.220. The van der Waals surface area contributed by atoms with Crippen LogP contribution >= 0.6 is 0 Å². The summed E-state index contributed by atoms with van der Waals surface area (Å²) in [6.45, 7) is 2.11. The van der Waals surface area contributed by atoms with Gasteiger partial charge in [0.15, 0.2) is 0 Å². The molecule has 1 saturated carbocycles. The second-order valence-electron chi connectivity index (χ2n) is 3.78. The zero-order valence-electron chi connectivity index (χ0n) is 8.32. The number of hydrogen-bond acceptors (Lipinski definition) is 2. The molecule has 2 nitrogen and oxygen atoms in total. The molecule has 1 aliphatic carbocycles. The lowest BCUT2D eigenvalue weighted by Gasteiger charge is -2.23. The van der Waals surface area contributed by atoms with E-state index in [0.717, 1.165) is 12.8 Å². The number of rotatable bonds is 6. The van der Waals surface area contributed by atoms with Gasteiger partial charge in [0, 0.05) is 6.04 Å². The fourth-order valence-electron chi connectivity index (χ4n) is 1.37. The minimum atomic E-state index is -2.59. The summed E-state index contributed by atoms with van der Waals surface area (Å²) >= 11 is 0. The summed E-state index contributed by atoms with van der Waals surface area (Å²) in [5.74, 6) is -2.59. The minimum absolute atomic E-state index is 0.120. The molecular weight excluding hydrogens is 174 g/mol. The number of hydrogen-bond donors (Lipinski definition) is 1. The quantitative estimate of drug-likeness (QED) is 0.683. The third kappa shape index (κ3) is 4.00. The Bertz CT molecular complexity index is 158. The number of nitrogens with zero attached hydrogens (tertiary/aromatic N) is 1. The van der Waals surface area contributed by atoms with Crippen LogP contribution in [0.25, 0.3) is 0 Å². The van der Waals surface area contributed by atoms with Gasteiger partial charge in [0.25, 0.3) is 5.92 Å². The lowest BCUT2D eigenvalue weighted by molar-refractivity contribution is -0.0261. The van der Waals surface area contributed by atoms with Crippen LogP contribution in [-0.2, 0) is 0 Å². The first-order valence-electron chi connectivity index (χ1n) is 4.84. The first-order chi connectivity index (χ1) is 6.05. The third-order valence-electron chi connectivity index (χ3n) is 2.28. The predicted molar refractivity (Wildman–Crippen MR) is 49.1 cm³/mol. The Kier molecular flexibility index (Phi) is 3.62. The van der Waals surface area contributed by atoms with E-state index in [1.165, 1.54) is 0 Å². The fourth-order valence-corrected chi connectivity index (χ4v) is 1.37. The van der Waals surface area contributed by atoms with Crippen molar-refractivity contribution in [3.63, 3.8) is 0 Å². The average molecular weight is 192 g/mol. The maximum atomic E-state index is 13.1. The highest BCUT2D eigenvalue weighted by Crippen LogP contribution is 2.27. The van der Waals surface area contributed by atoms with Crippen LogP contribution in [0.3, 0.4) is 0 Å². The number of halogens is 2. The van der Waals surface area contributed by atoms with Crippen LogP contribution in [0.5, 0.6) is 0 Å². The maximum absolute atomic E-state index is 13.1. The molecule has 0 atom stereocenters. The highest BCUT2D eigenvalue weighted by Gasteiger charge is 2.35. The van der Waals surface area contributed by atoms with Crippen molar-refractivity contribution in [2.45, 2.75) is 31.7 Å². The van der Waals surface area contributed by atoms with Crippen LogP contribution in [0.4, 0.5) is 8.78 Å². The van der Waals surface area contributed by atoms with Crippen LogP contribution < -0.4 is 5.32 Å². The summed E-state index contributed by atoms with van der Waals surface area (Å²) in [5, 5.41) is 2.68. The largest absolute Gasteiger partial charge is 0.311 e. The summed E-state index contributed by atoms with van der Waals surface area (Å²) in [4.78, 5) is 1.76. The summed E-state index contributed by atoms with van der Waals surface area (Å²) in [7, 11) is 1.78. The number of nitrogens with one attached hydrogen (secondary N) is 1. The molecule has 0 amide bonds. The van der Waals surface area contributed by atoms with Gasteiger partial charge in [-0.25, -0.2) is 8.78 Å². The molecule has 0 spiro atoms. The van der Waals surface area contributed by atoms with E-state index in [0.29, 0.717) is 12.6 Å². The molecule has 1 rings (SSSR count). The molecule has 0 aromatic heterocycles. The highest BCUT2D eigenvalue weighted by molar-refractivity contribution is 4.85. The Morgan fingerprint density at radius 1 is 1.46 bits per heavy atom. The van der Waals surface area contributed by atoms with Crippen molar-refractivity contribution in [2.24, 2.45) is 0 Å². The summed E-state index contributed by atoms with van der Waals surface area (Å²) in [5.41, 5.74) is 0. The van der Waals surface area contributed by atoms with E-state index >= 15 is 0 Å². The molecule has 1 aliphatic rings. The van der Waals surface area contributed by atoms with Crippen LogP contribution in [0.2, 0.25) is 0 Å². The molecule has 0 heterocycles. The molecule has 0 saturated heterocycles. The standard InChI is InChI=1S/C9H18F2N2/c1-3-12-6-9(10,11)7-13(2)8-4-5-8/h8,12H,3-7H2,1-2H3. The summed E-state index contributed by atoms with van der Waals surface area (Å²) < 4.78 is 26.3. The van der Waals surface area contributed by atoms with Crippen LogP contribution in [0, 0.1) is 0 Å². The maximum Gasteiger partial charge on any atom is 0.272 e. The van der Waals surface area contributed by atoms with Crippen LogP contribution in [0.15, 0.2) is 0 Å². The summed E-state index contributed by atoms with van der Waals surface area (Å²) in [6.07, 6.45) is 2.15. The molecule has 0 bridgehead atoms. The van der Waals surface area contributed by atoms with Crippen molar-refractivity contribution in [2.75, 3.05) is 26.7 Å².